The van der Waals surface area contributed by atoms with E-state index in [0.717, 1.165) is 19.3 Å². The van der Waals surface area contributed by atoms with Crippen LogP contribution in [0.1, 0.15) is 36.5 Å². The van der Waals surface area contributed by atoms with Crippen LogP contribution in [0.5, 0.6) is 0 Å². The summed E-state index contributed by atoms with van der Waals surface area (Å²) in [4.78, 5) is 11.8. The van der Waals surface area contributed by atoms with Crippen molar-refractivity contribution in [1.29, 1.82) is 0 Å². The van der Waals surface area contributed by atoms with Crippen molar-refractivity contribution in [3.05, 3.63) is 34.9 Å². The molecule has 0 heterocycles. The summed E-state index contributed by atoms with van der Waals surface area (Å²) >= 11 is 0. The molecule has 0 aromatic heterocycles. The Kier molecular flexibility index (Phi) is 3.44. The van der Waals surface area contributed by atoms with Gasteiger partial charge < -0.3 is 11.1 Å². The van der Waals surface area contributed by atoms with Gasteiger partial charge in [-0.15, -0.1) is 0 Å². The summed E-state index contributed by atoms with van der Waals surface area (Å²) in [5.74, 6) is -0.000218. The maximum absolute atomic E-state index is 11.8. The van der Waals surface area contributed by atoms with Crippen LogP contribution in [-0.4, -0.2) is 17.5 Å². The molecule has 1 unspecified atom stereocenters. The van der Waals surface area contributed by atoms with E-state index in [0.29, 0.717) is 0 Å². The van der Waals surface area contributed by atoms with Crippen molar-refractivity contribution in [1.82, 2.24) is 5.32 Å². The fraction of sp³-hybridized carbons (Fsp3) is 0.533. The Balaban J connectivity index is 1.94. The van der Waals surface area contributed by atoms with Crippen molar-refractivity contribution < 1.29 is 4.79 Å². The third-order valence-corrected chi connectivity index (χ3v) is 3.64. The zero-order chi connectivity index (χ0) is 13.3. The molecular formula is C15H22N2O. The van der Waals surface area contributed by atoms with Crippen molar-refractivity contribution in [3.63, 3.8) is 0 Å². The third-order valence-electron chi connectivity index (χ3n) is 3.64. The number of nitrogens with one attached hydrogen (secondary N) is 1. The molecule has 1 aromatic rings. The van der Waals surface area contributed by atoms with Crippen molar-refractivity contribution in [2.24, 2.45) is 5.73 Å². The lowest BCUT2D eigenvalue weighted by Gasteiger charge is -2.18. The molecule has 1 atom stereocenters. The molecule has 1 amide bonds. The first-order valence-corrected chi connectivity index (χ1v) is 6.57. The first-order valence-electron chi connectivity index (χ1n) is 6.57. The molecule has 0 bridgehead atoms. The van der Waals surface area contributed by atoms with Crippen molar-refractivity contribution in [3.8, 4) is 0 Å². The van der Waals surface area contributed by atoms with Gasteiger partial charge in [-0.25, -0.2) is 0 Å². The van der Waals surface area contributed by atoms with Crippen LogP contribution in [0.2, 0.25) is 0 Å². The monoisotopic (exact) mass is 246 g/mol. The number of rotatable bonds is 4. The molecule has 3 nitrogen and oxygen atoms in total. The Hall–Kier alpha value is -1.35. The summed E-state index contributed by atoms with van der Waals surface area (Å²) in [7, 11) is 0. The van der Waals surface area contributed by atoms with E-state index in [4.69, 9.17) is 5.73 Å². The number of hydrogen-bond acceptors (Lipinski definition) is 2. The van der Waals surface area contributed by atoms with Gasteiger partial charge in [0.25, 0.3) is 0 Å². The number of nitrogens with two attached hydrogens (primary N) is 1. The second-order valence-electron chi connectivity index (χ2n) is 5.66. The Bertz CT molecular complexity index is 464. The number of carbonyl (C=O) groups is 1. The highest BCUT2D eigenvalue weighted by molar-refractivity contribution is 5.89. The third kappa shape index (κ3) is 2.91. The summed E-state index contributed by atoms with van der Waals surface area (Å²) in [6.45, 7) is 6.23. The molecule has 1 fully saturated rings. The van der Waals surface area contributed by atoms with Crippen LogP contribution in [0.15, 0.2) is 18.2 Å². The Morgan fingerprint density at radius 1 is 1.44 bits per heavy atom. The molecule has 1 aliphatic rings. The standard InChI is InChI=1S/C15H22N2O/c1-10-4-5-13(11(2)8-10)9-12(3)17-14(18)15(16)6-7-15/h4-5,8,12H,6-7,9,16H2,1-3H3,(H,17,18). The van der Waals surface area contributed by atoms with Crippen LogP contribution in [0.4, 0.5) is 0 Å². The van der Waals surface area contributed by atoms with Crippen molar-refractivity contribution >= 4 is 5.91 Å². The zero-order valence-electron chi connectivity index (χ0n) is 11.4. The van der Waals surface area contributed by atoms with Gasteiger partial charge in [0.05, 0.1) is 5.54 Å². The van der Waals surface area contributed by atoms with E-state index in [9.17, 15) is 4.79 Å². The highest BCUT2D eigenvalue weighted by Gasteiger charge is 2.46. The predicted molar refractivity (Wildman–Crippen MR) is 73.4 cm³/mol. The fourth-order valence-corrected chi connectivity index (χ4v) is 2.18. The number of benzene rings is 1. The van der Waals surface area contributed by atoms with Crippen LogP contribution < -0.4 is 11.1 Å². The molecule has 0 saturated heterocycles. The van der Waals surface area contributed by atoms with Crippen molar-refractivity contribution in [2.45, 2.75) is 51.6 Å². The number of carbonyl (C=O) groups excluding carboxylic acids is 1. The molecule has 98 valence electrons. The minimum absolute atomic E-state index is 0.000218. The minimum Gasteiger partial charge on any atom is -0.352 e. The topological polar surface area (TPSA) is 55.1 Å². The molecule has 3 N–H and O–H groups in total. The van der Waals surface area contributed by atoms with Crippen LogP contribution in [0.3, 0.4) is 0 Å². The van der Waals surface area contributed by atoms with E-state index in [-0.39, 0.29) is 11.9 Å². The highest BCUT2D eigenvalue weighted by atomic mass is 16.2. The van der Waals surface area contributed by atoms with E-state index in [1.807, 2.05) is 6.92 Å². The first kappa shape index (κ1) is 13.1. The number of amides is 1. The minimum atomic E-state index is -0.573. The van der Waals surface area contributed by atoms with Gasteiger partial charge in [-0.1, -0.05) is 23.8 Å². The summed E-state index contributed by atoms with van der Waals surface area (Å²) in [5.41, 5.74) is 9.14. The Labute approximate surface area is 109 Å². The maximum Gasteiger partial charge on any atom is 0.240 e. The lowest BCUT2D eigenvalue weighted by molar-refractivity contribution is -0.123. The molecule has 3 heteroatoms. The summed E-state index contributed by atoms with van der Waals surface area (Å²) in [5, 5.41) is 3.01. The summed E-state index contributed by atoms with van der Waals surface area (Å²) in [6, 6.07) is 6.56. The smallest absolute Gasteiger partial charge is 0.240 e. The average Bonchev–Trinajstić information content (AvgIpc) is 3.02. The van der Waals surface area contributed by atoms with Gasteiger partial charge in [-0.3, -0.25) is 4.79 Å². The van der Waals surface area contributed by atoms with Gasteiger partial charge in [0.1, 0.15) is 0 Å². The second-order valence-corrected chi connectivity index (χ2v) is 5.66. The molecule has 1 aromatic carbocycles. The molecule has 1 saturated carbocycles. The SMILES string of the molecule is Cc1ccc(CC(C)NC(=O)C2(N)CC2)c(C)c1. The molecule has 0 radical (unpaired) electrons. The Morgan fingerprint density at radius 2 is 2.11 bits per heavy atom. The van der Waals surface area contributed by atoms with Gasteiger partial charge in [-0.2, -0.15) is 0 Å². The lowest BCUT2D eigenvalue weighted by Crippen LogP contribution is -2.46. The second kappa shape index (κ2) is 4.73. The maximum atomic E-state index is 11.8. The van der Waals surface area contributed by atoms with E-state index in [1.165, 1.54) is 16.7 Å². The van der Waals surface area contributed by atoms with E-state index < -0.39 is 5.54 Å². The molecular weight excluding hydrogens is 224 g/mol. The highest BCUT2D eigenvalue weighted by Crippen LogP contribution is 2.32. The van der Waals surface area contributed by atoms with Crippen LogP contribution in [-0.2, 0) is 11.2 Å². The summed E-state index contributed by atoms with van der Waals surface area (Å²) < 4.78 is 0. The summed E-state index contributed by atoms with van der Waals surface area (Å²) in [6.07, 6.45) is 2.48. The van der Waals surface area contributed by atoms with Crippen molar-refractivity contribution in [2.75, 3.05) is 0 Å². The number of aryl methyl sites for hydroxylation is 2. The lowest BCUT2D eigenvalue weighted by atomic mass is 10.00. The molecule has 0 spiro atoms. The molecule has 18 heavy (non-hydrogen) atoms. The first-order chi connectivity index (χ1) is 8.40. The molecule has 1 aliphatic carbocycles. The van der Waals surface area contributed by atoms with E-state index in [2.05, 4.69) is 37.4 Å². The van der Waals surface area contributed by atoms with Crippen LogP contribution >= 0.6 is 0 Å². The van der Waals surface area contributed by atoms with Gasteiger partial charge in [0.15, 0.2) is 0 Å². The van der Waals surface area contributed by atoms with Gasteiger partial charge in [0, 0.05) is 6.04 Å². The van der Waals surface area contributed by atoms with Gasteiger partial charge in [-0.05, 0) is 51.2 Å². The zero-order valence-corrected chi connectivity index (χ0v) is 11.4. The normalized spacial score (nSPS) is 18.2. The molecule has 2 rings (SSSR count). The average molecular weight is 246 g/mol. The van der Waals surface area contributed by atoms with E-state index in [1.54, 1.807) is 0 Å². The largest absolute Gasteiger partial charge is 0.352 e. The molecule has 0 aliphatic heterocycles. The van der Waals surface area contributed by atoms with Gasteiger partial charge >= 0.3 is 0 Å². The van der Waals surface area contributed by atoms with Crippen LogP contribution in [0.25, 0.3) is 0 Å². The Morgan fingerprint density at radius 3 is 2.67 bits per heavy atom. The quantitative estimate of drug-likeness (QED) is 0.851. The van der Waals surface area contributed by atoms with E-state index >= 15 is 0 Å². The fourth-order valence-electron chi connectivity index (χ4n) is 2.18. The van der Waals surface area contributed by atoms with Gasteiger partial charge in [0.2, 0.25) is 5.91 Å². The van der Waals surface area contributed by atoms with Crippen LogP contribution in [0, 0.1) is 13.8 Å². The predicted octanol–water partition coefficient (Wildman–Crippen LogP) is 1.84. The number of hydrogen-bond donors (Lipinski definition) is 2.